The van der Waals surface area contributed by atoms with Crippen molar-refractivity contribution < 1.29 is 17.9 Å². The fraction of sp³-hybridized carbons (Fsp3) is 0.129. The first-order valence-electron chi connectivity index (χ1n) is 12.3. The van der Waals surface area contributed by atoms with Crippen molar-refractivity contribution in [2.24, 2.45) is 7.05 Å². The lowest BCUT2D eigenvalue weighted by Gasteiger charge is -2.12. The molecule has 0 aliphatic rings. The molecule has 0 fully saturated rings. The second-order valence-corrected chi connectivity index (χ2v) is 10.7. The number of rotatable bonds is 6. The number of methoxy groups -OCH3 is 1. The molecule has 5 rings (SSSR count). The number of carbonyl (C=O) groups excluding carboxylic acids is 1. The molecule has 0 amide bonds. The van der Waals surface area contributed by atoms with Crippen LogP contribution < -0.4 is 4.72 Å². The van der Waals surface area contributed by atoms with E-state index >= 15 is 0 Å². The van der Waals surface area contributed by atoms with Gasteiger partial charge in [-0.1, -0.05) is 24.3 Å². The summed E-state index contributed by atoms with van der Waals surface area (Å²) in [5.41, 5.74) is 5.79. The van der Waals surface area contributed by atoms with Gasteiger partial charge in [0.1, 0.15) is 0 Å². The van der Waals surface area contributed by atoms with Crippen molar-refractivity contribution in [1.29, 1.82) is 0 Å². The smallest absolute Gasteiger partial charge is 0.340 e. The van der Waals surface area contributed by atoms with Gasteiger partial charge in [0.05, 0.1) is 34.9 Å². The highest BCUT2D eigenvalue weighted by Crippen LogP contribution is 2.24. The van der Waals surface area contributed by atoms with Crippen LogP contribution in [0.3, 0.4) is 0 Å². The van der Waals surface area contributed by atoms with Gasteiger partial charge in [0, 0.05) is 31.2 Å². The number of benzene rings is 3. The average Bonchev–Trinajstić information content (AvgIpc) is 3.58. The van der Waals surface area contributed by atoms with Gasteiger partial charge in [-0.3, -0.25) is 4.72 Å². The van der Waals surface area contributed by atoms with E-state index in [-0.39, 0.29) is 5.56 Å². The van der Waals surface area contributed by atoms with E-state index in [1.54, 1.807) is 53.4 Å². The molecule has 2 aromatic heterocycles. The van der Waals surface area contributed by atoms with Crippen LogP contribution in [0.15, 0.2) is 91.4 Å². The normalized spacial score (nSPS) is 11.2. The van der Waals surface area contributed by atoms with Gasteiger partial charge in [0.25, 0.3) is 0 Å². The Morgan fingerprint density at radius 2 is 1.69 bits per heavy atom. The van der Waals surface area contributed by atoms with Gasteiger partial charge in [-0.15, -0.1) is 0 Å². The van der Waals surface area contributed by atoms with Crippen molar-refractivity contribution in [2.45, 2.75) is 13.3 Å². The molecule has 2 heterocycles. The predicted molar refractivity (Wildman–Crippen MR) is 153 cm³/mol. The van der Waals surface area contributed by atoms with E-state index in [2.05, 4.69) is 44.7 Å². The monoisotopic (exact) mass is 537 g/mol. The average molecular weight is 538 g/mol. The summed E-state index contributed by atoms with van der Waals surface area (Å²) in [7, 11) is -0.693. The Labute approximate surface area is 227 Å². The van der Waals surface area contributed by atoms with Crippen LogP contribution in [-0.4, -0.2) is 30.6 Å². The molecule has 1 N–H and O–H groups in total. The van der Waals surface area contributed by atoms with Gasteiger partial charge in [-0.05, 0) is 89.9 Å². The number of carbonyl (C=O) groups is 1. The number of nitrogens with zero attached hydrogens (tertiary/aromatic N) is 2. The number of hydrogen-bond donors (Lipinski definition) is 1. The van der Waals surface area contributed by atoms with Crippen LogP contribution in [0.4, 0.5) is 5.69 Å². The number of fused-ring (bicyclic) bond motifs is 1. The molecule has 0 radical (unpaired) electrons. The maximum atomic E-state index is 12.9. The number of ether oxygens (including phenoxy) is 1. The molecule has 0 aliphatic heterocycles. The van der Waals surface area contributed by atoms with Crippen LogP contribution in [0.5, 0.6) is 0 Å². The summed E-state index contributed by atoms with van der Waals surface area (Å²) in [6.45, 7) is 1.86. The third kappa shape index (κ3) is 5.59. The van der Waals surface area contributed by atoms with Gasteiger partial charge in [-0.25, -0.2) is 4.79 Å². The molecule has 8 heteroatoms. The first-order valence-corrected chi connectivity index (χ1v) is 13.8. The van der Waals surface area contributed by atoms with E-state index in [9.17, 15) is 13.2 Å². The van der Waals surface area contributed by atoms with E-state index in [0.717, 1.165) is 17.5 Å². The number of nitrogens with one attached hydrogen (secondary N) is 1. The zero-order chi connectivity index (χ0) is 27.6. The number of anilines is 1. The zero-order valence-electron chi connectivity index (χ0n) is 21.8. The first kappa shape index (κ1) is 25.9. The molecule has 0 bridgehead atoms. The molecular weight excluding hydrogens is 510 g/mol. The molecule has 0 saturated carbocycles. The Kier molecular flexibility index (Phi) is 7.01. The van der Waals surface area contributed by atoms with Crippen LogP contribution in [0.1, 0.15) is 32.6 Å². The minimum Gasteiger partial charge on any atom is -0.465 e. The van der Waals surface area contributed by atoms with Crippen molar-refractivity contribution in [2.75, 3.05) is 11.8 Å². The standard InChI is InChI=1S/C31H27N3O4S/c1-22-19-23(20-24-10-12-29-26(21-24)13-17-33(29)2)9-11-28(22)32-39(36,37)18-14-25-7-6-8-27(31(35)38-3)30(25)34-15-4-5-16-34/h4-13,15-17,19,21,32H,20H2,1-3H3. The lowest BCUT2D eigenvalue weighted by molar-refractivity contribution is 0.0600. The van der Waals surface area contributed by atoms with Crippen molar-refractivity contribution in [1.82, 2.24) is 9.13 Å². The third-order valence-electron chi connectivity index (χ3n) is 6.52. The predicted octanol–water partition coefficient (Wildman–Crippen LogP) is 5.41. The number of para-hydroxylation sites is 1. The molecule has 5 aromatic rings. The fourth-order valence-electron chi connectivity index (χ4n) is 4.60. The minimum atomic E-state index is -4.01. The number of esters is 1. The molecule has 0 aliphatic carbocycles. The molecular formula is C31H27N3O4S. The second kappa shape index (κ2) is 10.6. The maximum absolute atomic E-state index is 12.9. The Hall–Kier alpha value is -4.74. The molecule has 0 spiro atoms. The SMILES string of the molecule is COC(=O)c1cccc(C#CS(=O)(=O)Nc2ccc(Cc3ccc4c(ccn4C)c3)cc2C)c1-n1cccc1. The number of sulfonamides is 1. The molecule has 0 atom stereocenters. The van der Waals surface area contributed by atoms with Gasteiger partial charge in [-0.2, -0.15) is 8.42 Å². The van der Waals surface area contributed by atoms with Crippen molar-refractivity contribution in [3.05, 3.63) is 119 Å². The van der Waals surface area contributed by atoms with Crippen LogP contribution in [0.25, 0.3) is 16.6 Å². The summed E-state index contributed by atoms with van der Waals surface area (Å²) in [6.07, 6.45) is 6.28. The Morgan fingerprint density at radius 3 is 2.44 bits per heavy atom. The maximum Gasteiger partial charge on any atom is 0.340 e. The van der Waals surface area contributed by atoms with E-state index in [4.69, 9.17) is 4.74 Å². The van der Waals surface area contributed by atoms with Gasteiger partial charge >= 0.3 is 16.0 Å². The highest BCUT2D eigenvalue weighted by molar-refractivity contribution is 7.97. The van der Waals surface area contributed by atoms with Crippen molar-refractivity contribution in [3.63, 3.8) is 0 Å². The number of aryl methyl sites for hydroxylation is 2. The number of hydrogen-bond acceptors (Lipinski definition) is 4. The van der Waals surface area contributed by atoms with E-state index in [1.165, 1.54) is 23.6 Å². The second-order valence-electron chi connectivity index (χ2n) is 9.26. The van der Waals surface area contributed by atoms with Crippen LogP contribution in [0, 0.1) is 18.1 Å². The molecule has 0 saturated heterocycles. The van der Waals surface area contributed by atoms with Crippen molar-refractivity contribution in [3.8, 4) is 16.9 Å². The largest absolute Gasteiger partial charge is 0.465 e. The summed E-state index contributed by atoms with van der Waals surface area (Å²) < 4.78 is 37.1. The van der Waals surface area contributed by atoms with Gasteiger partial charge in [0.2, 0.25) is 0 Å². The summed E-state index contributed by atoms with van der Waals surface area (Å²) >= 11 is 0. The lowest BCUT2D eigenvalue weighted by Crippen LogP contribution is -2.11. The fourth-order valence-corrected chi connectivity index (χ4v) is 5.41. The van der Waals surface area contributed by atoms with E-state index < -0.39 is 16.0 Å². The van der Waals surface area contributed by atoms with Crippen LogP contribution in [-0.2, 0) is 28.2 Å². The van der Waals surface area contributed by atoms with E-state index in [1.807, 2.05) is 32.3 Å². The molecule has 0 unspecified atom stereocenters. The number of aromatic nitrogens is 2. The highest BCUT2D eigenvalue weighted by atomic mass is 32.2. The molecule has 39 heavy (non-hydrogen) atoms. The third-order valence-corrected chi connectivity index (χ3v) is 7.38. The summed E-state index contributed by atoms with van der Waals surface area (Å²) in [4.78, 5) is 12.3. The first-order chi connectivity index (χ1) is 18.7. The van der Waals surface area contributed by atoms with Gasteiger partial charge in [0.15, 0.2) is 0 Å². The van der Waals surface area contributed by atoms with Gasteiger partial charge < -0.3 is 13.9 Å². The highest BCUT2D eigenvalue weighted by Gasteiger charge is 2.17. The van der Waals surface area contributed by atoms with Crippen LogP contribution >= 0.6 is 0 Å². The van der Waals surface area contributed by atoms with Crippen molar-refractivity contribution >= 4 is 32.6 Å². The lowest BCUT2D eigenvalue weighted by atomic mass is 10.0. The molecule has 7 nitrogen and oxygen atoms in total. The quantitative estimate of drug-likeness (QED) is 0.232. The Balaban J connectivity index is 1.38. The topological polar surface area (TPSA) is 82.3 Å². The summed E-state index contributed by atoms with van der Waals surface area (Å²) in [5.74, 6) is 2.19. The summed E-state index contributed by atoms with van der Waals surface area (Å²) in [5, 5.41) is 3.54. The zero-order valence-corrected chi connectivity index (χ0v) is 22.6. The van der Waals surface area contributed by atoms with Crippen LogP contribution in [0.2, 0.25) is 0 Å². The summed E-state index contributed by atoms with van der Waals surface area (Å²) in [6, 6.07) is 22.7. The Morgan fingerprint density at radius 1 is 0.949 bits per heavy atom. The molecule has 196 valence electrons. The Bertz CT molecular complexity index is 1860. The van der Waals surface area contributed by atoms with E-state index in [0.29, 0.717) is 16.9 Å². The molecule has 3 aromatic carbocycles. The minimum absolute atomic E-state index is 0.281.